The topological polar surface area (TPSA) is 156 Å². The number of hydrogen-bond acceptors (Lipinski definition) is 6. The quantitative estimate of drug-likeness (QED) is 0.102. The van der Waals surface area contributed by atoms with Gasteiger partial charge < -0.3 is 38.5 Å². The summed E-state index contributed by atoms with van der Waals surface area (Å²) in [5.74, 6) is 0.479. The highest BCUT2D eigenvalue weighted by molar-refractivity contribution is 7.82. The summed E-state index contributed by atoms with van der Waals surface area (Å²) < 4.78 is 38.4. The third kappa shape index (κ3) is 5.41. The van der Waals surface area contributed by atoms with E-state index in [4.69, 9.17) is 8.37 Å². The predicted octanol–water partition coefficient (Wildman–Crippen LogP) is 9.16. The van der Waals surface area contributed by atoms with E-state index in [0.717, 1.165) is 67.8 Å². The zero-order valence-corrected chi connectivity index (χ0v) is 33.6. The minimum Gasteiger partial charge on any atom is -0.508 e. The van der Waals surface area contributed by atoms with Crippen LogP contribution in [0.2, 0.25) is 0 Å². The summed E-state index contributed by atoms with van der Waals surface area (Å²) in [6.45, 7) is 8.44. The highest BCUT2D eigenvalue weighted by Crippen LogP contribution is 2.49. The Labute approximate surface area is 341 Å². The molecule has 0 radical (unpaired) electrons. The fraction of sp³-hybridized carbons (Fsp3) is 0.167. The maximum Gasteiger partial charge on any atom is 0.500 e. The molecule has 2 aliphatic rings. The first-order valence-corrected chi connectivity index (χ1v) is 20.8. The molecule has 6 heterocycles. The van der Waals surface area contributed by atoms with Crippen molar-refractivity contribution in [2.45, 2.75) is 49.4 Å². The molecule has 0 saturated heterocycles. The van der Waals surface area contributed by atoms with Crippen LogP contribution in [0.5, 0.6) is 23.0 Å². The molecule has 4 atom stereocenters. The van der Waals surface area contributed by atoms with E-state index in [1.54, 1.807) is 60.7 Å². The van der Waals surface area contributed by atoms with E-state index in [1.807, 2.05) is 36.4 Å². The van der Waals surface area contributed by atoms with Gasteiger partial charge in [0.05, 0.1) is 21.7 Å². The lowest BCUT2D eigenvalue weighted by Crippen LogP contribution is -2.32. The van der Waals surface area contributed by atoms with Crippen molar-refractivity contribution in [1.29, 1.82) is 0 Å². The molecule has 8 aromatic rings. The maximum atomic E-state index is 13.6. The number of benzene rings is 4. The van der Waals surface area contributed by atoms with Crippen molar-refractivity contribution in [1.82, 2.24) is 19.9 Å². The molecule has 59 heavy (non-hydrogen) atoms. The number of phenolic OH excluding ortho intramolecular Hbond substituents is 2. The van der Waals surface area contributed by atoms with E-state index in [1.165, 1.54) is 0 Å². The van der Waals surface area contributed by atoms with Crippen molar-refractivity contribution in [2.24, 2.45) is 0 Å². The van der Waals surface area contributed by atoms with Crippen LogP contribution >= 0.6 is 0 Å². The molecule has 10 rings (SSSR count). The molecule has 3 unspecified atom stereocenters. The number of aromatic nitrogens is 4. The minimum absolute atomic E-state index is 0.102. The first kappa shape index (κ1) is 36.5. The standard InChI is InChI=1S/C48H42N4O6S/c1-45(29-9-5-13-33(53)25-29)37-17-18-38(49-37)46(2,30-10-6-14-34(54)26-30)40-20-22-42(51-40)48(4)32-12-8-16-36(28-32)58-59(55,56)57-35-15-7-11-31(27-35)47(3,41-21-19-39(45)50-41)43-23-24-44(48)52-43/h5-28,49-54H,1-4H3/t45-,46?,47?,48?/m1/s1. The Morgan fingerprint density at radius 1 is 0.390 bits per heavy atom. The summed E-state index contributed by atoms with van der Waals surface area (Å²) in [5.41, 5.74) is 6.43. The number of fused-ring (bicyclic) bond motifs is 14. The van der Waals surface area contributed by atoms with Gasteiger partial charge in [-0.1, -0.05) is 48.5 Å². The summed E-state index contributed by atoms with van der Waals surface area (Å²) >= 11 is 0. The summed E-state index contributed by atoms with van der Waals surface area (Å²) in [5, 5.41) is 21.7. The smallest absolute Gasteiger partial charge is 0.500 e. The molecule has 10 nitrogen and oxygen atoms in total. The van der Waals surface area contributed by atoms with E-state index in [2.05, 4.69) is 96.2 Å². The molecule has 0 fully saturated rings. The summed E-state index contributed by atoms with van der Waals surface area (Å²) in [6.07, 6.45) is 0. The van der Waals surface area contributed by atoms with E-state index in [0.29, 0.717) is 0 Å². The van der Waals surface area contributed by atoms with E-state index in [9.17, 15) is 18.6 Å². The molecule has 11 heteroatoms. The van der Waals surface area contributed by atoms with Gasteiger partial charge in [0.2, 0.25) is 0 Å². The SMILES string of the molecule is CC12c3cccc(c3)OS(=O)(=O)Oc3cccc(c3)C(C)(c3ccc1[nH]3)c1ccc([nH]1)[C@](C)(c1cccc(O)c1)c1ccc([nH]1)C(C)(c1cccc(O)c1)c1ccc2[nH]1. The van der Waals surface area contributed by atoms with Crippen LogP contribution in [0, 0.1) is 0 Å². The average Bonchev–Trinajstić information content (AvgIpc) is 4.07. The number of H-pyrrole nitrogens is 4. The van der Waals surface area contributed by atoms with Gasteiger partial charge >= 0.3 is 10.4 Å². The van der Waals surface area contributed by atoms with Crippen molar-refractivity contribution in [3.05, 3.63) is 213 Å². The van der Waals surface area contributed by atoms with E-state index in [-0.39, 0.29) is 23.0 Å². The predicted molar refractivity (Wildman–Crippen MR) is 225 cm³/mol. The molecule has 0 saturated carbocycles. The van der Waals surface area contributed by atoms with Gasteiger partial charge in [-0.15, -0.1) is 8.42 Å². The van der Waals surface area contributed by atoms with Crippen molar-refractivity contribution in [3.8, 4) is 23.0 Å². The van der Waals surface area contributed by atoms with Gasteiger partial charge in [0.25, 0.3) is 0 Å². The number of rotatable bonds is 2. The van der Waals surface area contributed by atoms with E-state index >= 15 is 0 Å². The lowest BCUT2D eigenvalue weighted by Gasteiger charge is -2.34. The first-order chi connectivity index (χ1) is 28.2. The number of phenols is 2. The highest BCUT2D eigenvalue weighted by Gasteiger charge is 2.44. The van der Waals surface area contributed by atoms with Gasteiger partial charge in [-0.2, -0.15) is 0 Å². The van der Waals surface area contributed by atoms with Gasteiger partial charge in [-0.3, -0.25) is 0 Å². The molecule has 4 aromatic heterocycles. The van der Waals surface area contributed by atoms with Gasteiger partial charge in [-0.25, -0.2) is 0 Å². The largest absolute Gasteiger partial charge is 0.508 e. The van der Waals surface area contributed by atoms with Crippen molar-refractivity contribution in [2.75, 3.05) is 0 Å². The molecule has 0 aliphatic carbocycles. The van der Waals surface area contributed by atoms with Crippen LogP contribution in [0.15, 0.2) is 146 Å². The summed E-state index contributed by atoms with van der Waals surface area (Å²) in [6, 6.07) is 45.3. The number of nitrogens with one attached hydrogen (secondary N) is 4. The first-order valence-electron chi connectivity index (χ1n) is 19.5. The number of aromatic hydroxyl groups is 2. The normalized spacial score (nSPS) is 24.2. The Hall–Kier alpha value is -6.85. The minimum atomic E-state index is -4.56. The van der Waals surface area contributed by atoms with Gasteiger partial charge in [0.1, 0.15) is 23.0 Å². The van der Waals surface area contributed by atoms with Crippen molar-refractivity contribution < 1.29 is 27.0 Å². The molecule has 6 N–H and O–H groups in total. The highest BCUT2D eigenvalue weighted by atomic mass is 32.3. The molecule has 2 aliphatic heterocycles. The molecule has 296 valence electrons. The van der Waals surface area contributed by atoms with Crippen LogP contribution < -0.4 is 8.37 Å². The fourth-order valence-corrected chi connectivity index (χ4v) is 10.1. The fourth-order valence-electron chi connectivity index (χ4n) is 9.34. The van der Waals surface area contributed by atoms with Crippen LogP contribution in [0.4, 0.5) is 0 Å². The maximum absolute atomic E-state index is 13.6. The average molecular weight is 803 g/mol. The second-order valence-corrected chi connectivity index (χ2v) is 17.5. The zero-order valence-electron chi connectivity index (χ0n) is 32.8. The lowest BCUT2D eigenvalue weighted by atomic mass is 9.76. The third-order valence-electron chi connectivity index (χ3n) is 13.1. The Balaban J connectivity index is 1.34. The number of aromatic amines is 4. The van der Waals surface area contributed by atoms with Gasteiger partial charge in [-0.05, 0) is 147 Å². The second kappa shape index (κ2) is 12.6. The van der Waals surface area contributed by atoms with Crippen LogP contribution in [0.25, 0.3) is 0 Å². The zero-order chi connectivity index (χ0) is 41.0. The monoisotopic (exact) mass is 802 g/mol. The Bertz CT molecular complexity index is 2860. The summed E-state index contributed by atoms with van der Waals surface area (Å²) in [4.78, 5) is 15.4. The Morgan fingerprint density at radius 3 is 0.915 bits per heavy atom. The van der Waals surface area contributed by atoms with Crippen LogP contribution in [0.1, 0.15) is 95.5 Å². The second-order valence-electron chi connectivity index (χ2n) is 16.4. The van der Waals surface area contributed by atoms with Gasteiger partial charge in [0.15, 0.2) is 0 Å². The summed E-state index contributed by atoms with van der Waals surface area (Å²) in [7, 11) is -4.56. The molecule has 4 aromatic carbocycles. The third-order valence-corrected chi connectivity index (χ3v) is 13.9. The van der Waals surface area contributed by atoms with Gasteiger partial charge in [0, 0.05) is 45.6 Å². The van der Waals surface area contributed by atoms with Crippen LogP contribution in [-0.4, -0.2) is 38.6 Å². The molecular weight excluding hydrogens is 761 g/mol. The Kier molecular flexibility index (Phi) is 7.78. The van der Waals surface area contributed by atoms with Crippen molar-refractivity contribution in [3.63, 3.8) is 0 Å². The molecular formula is C48H42N4O6S. The lowest BCUT2D eigenvalue weighted by molar-refractivity contribution is 0.391. The van der Waals surface area contributed by atoms with Crippen LogP contribution in [-0.2, 0) is 32.1 Å². The van der Waals surface area contributed by atoms with E-state index < -0.39 is 32.1 Å². The van der Waals surface area contributed by atoms with Crippen molar-refractivity contribution >= 4 is 10.4 Å². The van der Waals surface area contributed by atoms with Crippen LogP contribution in [0.3, 0.4) is 0 Å². The molecule has 0 spiro atoms. The molecule has 14 bridgehead atoms. The number of hydrogen-bond donors (Lipinski definition) is 6. The Morgan fingerprint density at radius 2 is 0.644 bits per heavy atom. The molecule has 0 amide bonds.